The molecule has 0 radical (unpaired) electrons. The van der Waals surface area contributed by atoms with Gasteiger partial charge in [-0.1, -0.05) is 17.7 Å². The van der Waals surface area contributed by atoms with Gasteiger partial charge in [-0.15, -0.1) is 0 Å². The van der Waals surface area contributed by atoms with Gasteiger partial charge in [0.25, 0.3) is 0 Å². The molecule has 2 N–H and O–H groups in total. The lowest BCUT2D eigenvalue weighted by Gasteiger charge is -2.06. The Balaban J connectivity index is 1.62. The van der Waals surface area contributed by atoms with E-state index in [2.05, 4.69) is 20.7 Å². The molecule has 6 nitrogen and oxygen atoms in total. The van der Waals surface area contributed by atoms with Gasteiger partial charge in [0.2, 0.25) is 0 Å². The molecule has 0 bridgehead atoms. The van der Waals surface area contributed by atoms with Crippen molar-refractivity contribution in [1.82, 2.24) is 20.1 Å². The Kier molecular flexibility index (Phi) is 4.77. The second kappa shape index (κ2) is 7.14. The van der Waals surface area contributed by atoms with Crippen LogP contribution in [0.2, 0.25) is 5.02 Å². The largest absolute Gasteiger partial charge is 0.332 e. The normalized spacial score (nSPS) is 10.4. The molecule has 24 heavy (non-hydrogen) atoms. The highest BCUT2D eigenvalue weighted by Crippen LogP contribution is 2.19. The van der Waals surface area contributed by atoms with Crippen molar-refractivity contribution in [2.24, 2.45) is 7.05 Å². The van der Waals surface area contributed by atoms with Crippen LogP contribution in [-0.2, 0) is 13.6 Å². The molecule has 0 aliphatic heterocycles. The summed E-state index contributed by atoms with van der Waals surface area (Å²) < 4.78 is 1.78. The van der Waals surface area contributed by atoms with Crippen LogP contribution < -0.4 is 10.6 Å². The first-order chi connectivity index (χ1) is 11.6. The molecular weight excluding hydrogens is 326 g/mol. The molecule has 0 saturated carbocycles. The van der Waals surface area contributed by atoms with E-state index in [0.717, 1.165) is 17.0 Å². The Morgan fingerprint density at radius 1 is 1.21 bits per heavy atom. The number of pyridine rings is 1. The van der Waals surface area contributed by atoms with Crippen molar-refractivity contribution in [1.29, 1.82) is 0 Å². The van der Waals surface area contributed by atoms with E-state index in [0.29, 0.717) is 17.3 Å². The maximum atomic E-state index is 12.0. The number of hydrogen-bond donors (Lipinski definition) is 2. The summed E-state index contributed by atoms with van der Waals surface area (Å²) in [4.78, 5) is 16.0. The number of anilines is 1. The van der Waals surface area contributed by atoms with Crippen LogP contribution in [0.3, 0.4) is 0 Å². The Bertz CT molecular complexity index is 847. The number of hydrogen-bond acceptors (Lipinski definition) is 3. The van der Waals surface area contributed by atoms with Crippen molar-refractivity contribution in [3.8, 4) is 11.3 Å². The molecule has 0 spiro atoms. The lowest BCUT2D eigenvalue weighted by atomic mass is 10.2. The third-order valence-electron chi connectivity index (χ3n) is 3.42. The van der Waals surface area contributed by atoms with E-state index in [4.69, 9.17) is 11.6 Å². The third-order valence-corrected chi connectivity index (χ3v) is 3.65. The zero-order valence-electron chi connectivity index (χ0n) is 13.0. The number of nitrogens with one attached hydrogen (secondary N) is 2. The first-order valence-electron chi connectivity index (χ1n) is 7.35. The van der Waals surface area contributed by atoms with Crippen LogP contribution in [0.5, 0.6) is 0 Å². The molecule has 0 unspecified atom stereocenters. The Morgan fingerprint density at radius 2 is 2.00 bits per heavy atom. The van der Waals surface area contributed by atoms with Gasteiger partial charge in [0.15, 0.2) is 0 Å². The number of carbonyl (C=O) groups excluding carboxylic acids is 1. The molecule has 3 rings (SSSR count). The van der Waals surface area contributed by atoms with Crippen molar-refractivity contribution < 1.29 is 4.79 Å². The number of rotatable bonds is 4. The standard InChI is InChI=1S/C17H16ClN5O/c1-23-16(12-5-7-19-8-6-12)10-15(22-23)11-20-17(24)21-14-4-2-3-13(18)9-14/h2-10H,11H2,1H3,(H2,20,21,24). The molecule has 0 fully saturated rings. The van der Waals surface area contributed by atoms with Crippen LogP contribution >= 0.6 is 11.6 Å². The minimum absolute atomic E-state index is 0.312. The summed E-state index contributed by atoms with van der Waals surface area (Å²) in [5, 5.41) is 10.5. The summed E-state index contributed by atoms with van der Waals surface area (Å²) >= 11 is 5.89. The average Bonchev–Trinajstić information content (AvgIpc) is 2.95. The number of urea groups is 1. The lowest BCUT2D eigenvalue weighted by Crippen LogP contribution is -2.28. The van der Waals surface area contributed by atoms with E-state index in [1.54, 1.807) is 41.3 Å². The molecule has 7 heteroatoms. The number of aryl methyl sites for hydroxylation is 1. The molecular formula is C17H16ClN5O. The minimum atomic E-state index is -0.312. The maximum Gasteiger partial charge on any atom is 0.319 e. The highest BCUT2D eigenvalue weighted by atomic mass is 35.5. The zero-order chi connectivity index (χ0) is 16.9. The quantitative estimate of drug-likeness (QED) is 0.763. The second-order valence-electron chi connectivity index (χ2n) is 5.20. The Labute approximate surface area is 144 Å². The molecule has 2 heterocycles. The Hall–Kier alpha value is -2.86. The summed E-state index contributed by atoms with van der Waals surface area (Å²) in [6, 6.07) is 12.4. The van der Waals surface area contributed by atoms with Gasteiger partial charge in [-0.25, -0.2) is 4.79 Å². The highest BCUT2D eigenvalue weighted by Gasteiger charge is 2.09. The maximum absolute atomic E-state index is 12.0. The molecule has 1 aromatic carbocycles. The summed E-state index contributed by atoms with van der Waals surface area (Å²) in [7, 11) is 1.87. The molecule has 0 saturated heterocycles. The fraction of sp³-hybridized carbons (Fsp3) is 0.118. The van der Waals surface area contributed by atoms with Crippen molar-refractivity contribution in [3.05, 3.63) is 65.6 Å². The molecule has 2 amide bonds. The molecule has 3 aromatic rings. The second-order valence-corrected chi connectivity index (χ2v) is 5.63. The van der Waals surface area contributed by atoms with E-state index in [9.17, 15) is 4.79 Å². The molecule has 0 aliphatic rings. The third kappa shape index (κ3) is 3.91. The van der Waals surface area contributed by atoms with Crippen LogP contribution in [-0.4, -0.2) is 20.8 Å². The van der Waals surface area contributed by atoms with Gasteiger partial charge in [0.1, 0.15) is 0 Å². The van der Waals surface area contributed by atoms with Crippen LogP contribution in [0.4, 0.5) is 10.5 Å². The van der Waals surface area contributed by atoms with Crippen LogP contribution in [0.25, 0.3) is 11.3 Å². The van der Waals surface area contributed by atoms with Crippen LogP contribution in [0, 0.1) is 0 Å². The molecule has 0 atom stereocenters. The number of benzene rings is 1. The number of halogens is 1. The summed E-state index contributed by atoms with van der Waals surface area (Å²) in [5.41, 5.74) is 3.39. The smallest absolute Gasteiger partial charge is 0.319 e. The number of aromatic nitrogens is 3. The zero-order valence-corrected chi connectivity index (χ0v) is 13.8. The first-order valence-corrected chi connectivity index (χ1v) is 7.73. The van der Waals surface area contributed by atoms with Crippen molar-refractivity contribution in [3.63, 3.8) is 0 Å². The van der Waals surface area contributed by atoms with Crippen molar-refractivity contribution >= 4 is 23.3 Å². The summed E-state index contributed by atoms with van der Waals surface area (Å²) in [6.07, 6.45) is 3.47. The van der Waals surface area contributed by atoms with E-state index in [1.807, 2.05) is 25.2 Å². The van der Waals surface area contributed by atoms with Gasteiger partial charge in [-0.2, -0.15) is 5.10 Å². The molecule has 0 aliphatic carbocycles. The predicted octanol–water partition coefficient (Wildman–Crippen LogP) is 3.46. The van der Waals surface area contributed by atoms with E-state index in [1.165, 1.54) is 0 Å². The van der Waals surface area contributed by atoms with E-state index >= 15 is 0 Å². The van der Waals surface area contributed by atoms with E-state index < -0.39 is 0 Å². The van der Waals surface area contributed by atoms with Gasteiger partial charge < -0.3 is 10.6 Å². The van der Waals surface area contributed by atoms with Crippen LogP contribution in [0.15, 0.2) is 54.9 Å². The number of carbonyl (C=O) groups is 1. The average molecular weight is 342 g/mol. The fourth-order valence-corrected chi connectivity index (χ4v) is 2.51. The van der Waals surface area contributed by atoms with Crippen LogP contribution in [0.1, 0.15) is 5.69 Å². The molecule has 2 aromatic heterocycles. The highest BCUT2D eigenvalue weighted by molar-refractivity contribution is 6.30. The molecule has 122 valence electrons. The SMILES string of the molecule is Cn1nc(CNC(=O)Nc2cccc(Cl)c2)cc1-c1ccncc1. The van der Waals surface area contributed by atoms with E-state index in [-0.39, 0.29) is 6.03 Å². The van der Waals surface area contributed by atoms with Gasteiger partial charge in [-0.05, 0) is 36.4 Å². The van der Waals surface area contributed by atoms with Crippen molar-refractivity contribution in [2.45, 2.75) is 6.54 Å². The van der Waals surface area contributed by atoms with Crippen molar-refractivity contribution in [2.75, 3.05) is 5.32 Å². The first kappa shape index (κ1) is 16.0. The predicted molar refractivity (Wildman–Crippen MR) is 93.7 cm³/mol. The minimum Gasteiger partial charge on any atom is -0.332 e. The summed E-state index contributed by atoms with van der Waals surface area (Å²) in [6.45, 7) is 0.325. The number of amides is 2. The van der Waals surface area contributed by atoms with Gasteiger partial charge in [-0.3, -0.25) is 9.67 Å². The number of nitrogens with zero attached hydrogens (tertiary/aromatic N) is 3. The topological polar surface area (TPSA) is 71.8 Å². The van der Waals surface area contributed by atoms with Gasteiger partial charge >= 0.3 is 6.03 Å². The summed E-state index contributed by atoms with van der Waals surface area (Å²) in [5.74, 6) is 0. The monoisotopic (exact) mass is 341 g/mol. The fourth-order valence-electron chi connectivity index (χ4n) is 2.32. The van der Waals surface area contributed by atoms with Gasteiger partial charge in [0.05, 0.1) is 17.9 Å². The lowest BCUT2D eigenvalue weighted by molar-refractivity contribution is 0.251. The Morgan fingerprint density at radius 3 is 2.75 bits per heavy atom. The van der Waals surface area contributed by atoms with Gasteiger partial charge in [0, 0.05) is 35.7 Å².